The van der Waals surface area contributed by atoms with Gasteiger partial charge in [0.05, 0.1) is 18.4 Å². The molecule has 0 aromatic carbocycles. The number of carbonyl (C=O) groups excluding carboxylic acids is 1. The molecule has 5 rings (SSSR count). The summed E-state index contributed by atoms with van der Waals surface area (Å²) in [7, 11) is 0. The van der Waals surface area contributed by atoms with Gasteiger partial charge >= 0.3 is 0 Å². The Kier molecular flexibility index (Phi) is 5.05. The second-order valence-electron chi connectivity index (χ2n) is 8.05. The minimum Gasteiger partial charge on any atom is -0.477 e. The number of aryl methyl sites for hydroxylation is 1. The molecule has 2 aliphatic heterocycles. The van der Waals surface area contributed by atoms with Crippen molar-refractivity contribution in [3.8, 4) is 17.3 Å². The van der Waals surface area contributed by atoms with Crippen LogP contribution in [-0.2, 0) is 0 Å². The maximum absolute atomic E-state index is 13.6. The van der Waals surface area contributed by atoms with Gasteiger partial charge in [-0.1, -0.05) is 0 Å². The van der Waals surface area contributed by atoms with Gasteiger partial charge < -0.3 is 9.64 Å². The number of aromatic nitrogens is 4. The van der Waals surface area contributed by atoms with Crippen molar-refractivity contribution in [3.05, 3.63) is 66.1 Å². The Balaban J connectivity index is 1.37. The SMILES string of the molecule is Cc1ccc(-c2ncccn2)c(C(=O)N2C3CCC2C(COc2ccc(F)cn2)C3)n1. The summed E-state index contributed by atoms with van der Waals surface area (Å²) in [6.07, 6.45) is 7.25. The van der Waals surface area contributed by atoms with Gasteiger partial charge in [-0.05, 0) is 50.5 Å². The highest BCUT2D eigenvalue weighted by Gasteiger charge is 2.49. The topological polar surface area (TPSA) is 81.1 Å². The molecule has 0 saturated carbocycles. The standard InChI is InChI=1S/C23H22FN5O2/c1-14-3-6-18(22-25-9-2-10-26-22)21(28-14)23(30)29-17-5-7-19(29)15(11-17)13-31-20-8-4-16(24)12-27-20/h2-4,6,8-10,12,15,17,19H,5,7,11,13H2,1H3. The van der Waals surface area contributed by atoms with Gasteiger partial charge in [-0.3, -0.25) is 4.79 Å². The summed E-state index contributed by atoms with van der Waals surface area (Å²) in [4.78, 5) is 32.7. The fourth-order valence-corrected chi connectivity index (χ4v) is 4.71. The monoisotopic (exact) mass is 419 g/mol. The van der Waals surface area contributed by atoms with Crippen molar-refractivity contribution in [1.82, 2.24) is 24.8 Å². The molecule has 5 heterocycles. The summed E-state index contributed by atoms with van der Waals surface area (Å²) in [5.74, 6) is 0.614. The Bertz CT molecular complexity index is 1090. The summed E-state index contributed by atoms with van der Waals surface area (Å²) in [5.41, 5.74) is 1.81. The van der Waals surface area contributed by atoms with E-state index >= 15 is 0 Å². The maximum Gasteiger partial charge on any atom is 0.273 e. The zero-order valence-electron chi connectivity index (χ0n) is 17.1. The normalized spacial score (nSPS) is 22.0. The zero-order chi connectivity index (χ0) is 21.4. The largest absolute Gasteiger partial charge is 0.477 e. The van der Waals surface area contributed by atoms with E-state index in [9.17, 15) is 9.18 Å². The molecule has 0 radical (unpaired) electrons. The van der Waals surface area contributed by atoms with Crippen LogP contribution in [0.4, 0.5) is 4.39 Å². The lowest BCUT2D eigenvalue weighted by Crippen LogP contribution is -2.38. The average molecular weight is 419 g/mol. The molecule has 3 atom stereocenters. The molecule has 0 N–H and O–H groups in total. The van der Waals surface area contributed by atoms with E-state index in [1.54, 1.807) is 18.5 Å². The fraction of sp³-hybridized carbons (Fsp3) is 0.348. The van der Waals surface area contributed by atoms with Crippen LogP contribution in [0, 0.1) is 18.7 Å². The average Bonchev–Trinajstić information content (AvgIpc) is 3.37. The Morgan fingerprint density at radius 2 is 2.00 bits per heavy atom. The maximum atomic E-state index is 13.6. The highest BCUT2D eigenvalue weighted by molar-refractivity contribution is 5.99. The first-order valence-corrected chi connectivity index (χ1v) is 10.4. The van der Waals surface area contributed by atoms with Gasteiger partial charge in [0.25, 0.3) is 5.91 Å². The third kappa shape index (κ3) is 3.73. The molecule has 0 spiro atoms. The third-order valence-electron chi connectivity index (χ3n) is 6.09. The first-order chi connectivity index (χ1) is 15.1. The number of fused-ring (bicyclic) bond motifs is 2. The number of nitrogens with zero attached hydrogens (tertiary/aromatic N) is 5. The van der Waals surface area contributed by atoms with Crippen LogP contribution in [0.15, 0.2) is 48.9 Å². The van der Waals surface area contributed by atoms with Crippen LogP contribution in [0.25, 0.3) is 11.4 Å². The first kappa shape index (κ1) is 19.5. The van der Waals surface area contributed by atoms with Gasteiger partial charge in [0.2, 0.25) is 5.88 Å². The fourth-order valence-electron chi connectivity index (χ4n) is 4.71. The second kappa shape index (κ2) is 8.02. The second-order valence-corrected chi connectivity index (χ2v) is 8.05. The molecule has 3 aromatic heterocycles. The van der Waals surface area contributed by atoms with Crippen molar-refractivity contribution in [3.63, 3.8) is 0 Å². The zero-order valence-corrected chi connectivity index (χ0v) is 17.1. The van der Waals surface area contributed by atoms with Crippen LogP contribution in [0.1, 0.15) is 35.4 Å². The van der Waals surface area contributed by atoms with Gasteiger partial charge in [-0.15, -0.1) is 0 Å². The molecule has 2 bridgehead atoms. The molecule has 3 unspecified atom stereocenters. The molecule has 2 fully saturated rings. The van der Waals surface area contributed by atoms with E-state index in [2.05, 4.69) is 19.9 Å². The number of rotatable bonds is 5. The van der Waals surface area contributed by atoms with Crippen molar-refractivity contribution in [2.75, 3.05) is 6.61 Å². The number of pyridine rings is 2. The summed E-state index contributed by atoms with van der Waals surface area (Å²) in [6.45, 7) is 2.32. The van der Waals surface area contributed by atoms with Crippen molar-refractivity contribution in [2.45, 2.75) is 38.3 Å². The highest BCUT2D eigenvalue weighted by Crippen LogP contribution is 2.43. The Morgan fingerprint density at radius 1 is 1.16 bits per heavy atom. The molecule has 1 amide bonds. The predicted octanol–water partition coefficient (Wildman–Crippen LogP) is 3.45. The van der Waals surface area contributed by atoms with Crippen LogP contribution < -0.4 is 4.74 Å². The van der Waals surface area contributed by atoms with Gasteiger partial charge in [0, 0.05) is 42.2 Å². The van der Waals surface area contributed by atoms with E-state index in [1.165, 1.54) is 12.1 Å². The molecule has 158 valence electrons. The van der Waals surface area contributed by atoms with Gasteiger partial charge in [-0.2, -0.15) is 0 Å². The molecular formula is C23H22FN5O2. The quantitative estimate of drug-likeness (QED) is 0.630. The van der Waals surface area contributed by atoms with Crippen LogP contribution in [0.5, 0.6) is 5.88 Å². The molecule has 7 nitrogen and oxygen atoms in total. The van der Waals surface area contributed by atoms with Gasteiger partial charge in [-0.25, -0.2) is 24.3 Å². The Hall–Kier alpha value is -3.42. The lowest BCUT2D eigenvalue weighted by molar-refractivity contribution is 0.0704. The van der Waals surface area contributed by atoms with Crippen LogP contribution in [0.2, 0.25) is 0 Å². The number of ether oxygens (including phenoxy) is 1. The third-order valence-corrected chi connectivity index (χ3v) is 6.09. The molecular weight excluding hydrogens is 397 g/mol. The van der Waals surface area contributed by atoms with Crippen LogP contribution in [-0.4, -0.2) is 49.4 Å². The number of hydrogen-bond acceptors (Lipinski definition) is 6. The number of halogens is 1. The molecule has 3 aromatic rings. The van der Waals surface area contributed by atoms with Crippen molar-refractivity contribution in [2.24, 2.45) is 5.92 Å². The van der Waals surface area contributed by atoms with Crippen molar-refractivity contribution >= 4 is 5.91 Å². The highest BCUT2D eigenvalue weighted by atomic mass is 19.1. The van der Waals surface area contributed by atoms with E-state index in [-0.39, 0.29) is 23.9 Å². The van der Waals surface area contributed by atoms with E-state index < -0.39 is 5.82 Å². The van der Waals surface area contributed by atoms with Crippen LogP contribution >= 0.6 is 0 Å². The summed E-state index contributed by atoms with van der Waals surface area (Å²) in [6, 6.07) is 8.58. The smallest absolute Gasteiger partial charge is 0.273 e. The van der Waals surface area contributed by atoms with Crippen molar-refractivity contribution < 1.29 is 13.9 Å². The minimum absolute atomic E-state index is 0.0824. The van der Waals surface area contributed by atoms with E-state index in [0.717, 1.165) is 31.2 Å². The molecule has 0 aliphatic carbocycles. The molecule has 31 heavy (non-hydrogen) atoms. The summed E-state index contributed by atoms with van der Waals surface area (Å²) >= 11 is 0. The molecule has 8 heteroatoms. The number of hydrogen-bond donors (Lipinski definition) is 0. The van der Waals surface area contributed by atoms with E-state index in [0.29, 0.717) is 29.6 Å². The first-order valence-electron chi connectivity index (χ1n) is 10.4. The molecule has 2 saturated heterocycles. The predicted molar refractivity (Wildman–Crippen MR) is 111 cm³/mol. The Labute approximate surface area is 179 Å². The number of carbonyl (C=O) groups is 1. The Morgan fingerprint density at radius 3 is 2.77 bits per heavy atom. The lowest BCUT2D eigenvalue weighted by Gasteiger charge is -2.25. The van der Waals surface area contributed by atoms with E-state index in [4.69, 9.17) is 4.74 Å². The lowest BCUT2D eigenvalue weighted by atomic mass is 9.90. The van der Waals surface area contributed by atoms with Gasteiger partial charge in [0.1, 0.15) is 11.5 Å². The number of amides is 1. The van der Waals surface area contributed by atoms with Crippen molar-refractivity contribution in [1.29, 1.82) is 0 Å². The summed E-state index contributed by atoms with van der Waals surface area (Å²) < 4.78 is 18.9. The summed E-state index contributed by atoms with van der Waals surface area (Å²) in [5, 5.41) is 0. The molecule has 2 aliphatic rings. The van der Waals surface area contributed by atoms with E-state index in [1.807, 2.05) is 24.0 Å². The minimum atomic E-state index is -0.395. The van der Waals surface area contributed by atoms with Crippen LogP contribution in [0.3, 0.4) is 0 Å². The van der Waals surface area contributed by atoms with Gasteiger partial charge in [0.15, 0.2) is 5.82 Å².